The van der Waals surface area contributed by atoms with Gasteiger partial charge >= 0.3 is 0 Å². The number of ether oxygens (including phenoxy) is 1. The summed E-state index contributed by atoms with van der Waals surface area (Å²) in [5.41, 5.74) is 2.41. The molecule has 1 fully saturated rings. The molecule has 1 aromatic carbocycles. The van der Waals surface area contributed by atoms with Crippen molar-refractivity contribution in [3.05, 3.63) is 29.3 Å². The van der Waals surface area contributed by atoms with E-state index in [9.17, 15) is 5.11 Å². The van der Waals surface area contributed by atoms with Crippen LogP contribution in [-0.4, -0.2) is 48.9 Å². The topological polar surface area (TPSA) is 44.7 Å². The standard InChI is InChI=1S/C16H24N2O2/c1-12(11-18-7-9-20-10-8-18)17-15-6-5-14-13(15)3-2-4-16(14)19/h2-4,12,15,17,19H,5-11H2,1H3. The highest BCUT2D eigenvalue weighted by atomic mass is 16.5. The first-order chi connectivity index (χ1) is 9.74. The van der Waals surface area contributed by atoms with Crippen LogP contribution in [-0.2, 0) is 11.2 Å². The summed E-state index contributed by atoms with van der Waals surface area (Å²) < 4.78 is 5.38. The van der Waals surface area contributed by atoms with Crippen molar-refractivity contribution in [2.45, 2.75) is 31.8 Å². The molecule has 0 aromatic heterocycles. The van der Waals surface area contributed by atoms with Gasteiger partial charge in [0.05, 0.1) is 13.2 Å². The quantitative estimate of drug-likeness (QED) is 0.878. The number of benzene rings is 1. The fourth-order valence-corrected chi connectivity index (χ4v) is 3.38. The number of phenolic OH excluding ortho intramolecular Hbond substituents is 1. The molecular weight excluding hydrogens is 252 g/mol. The zero-order valence-corrected chi connectivity index (χ0v) is 12.1. The van der Waals surface area contributed by atoms with E-state index in [-0.39, 0.29) is 0 Å². The van der Waals surface area contributed by atoms with Crippen molar-refractivity contribution in [1.29, 1.82) is 0 Å². The molecule has 4 heteroatoms. The number of nitrogens with zero attached hydrogens (tertiary/aromatic N) is 1. The van der Waals surface area contributed by atoms with E-state index in [0.29, 0.717) is 17.8 Å². The van der Waals surface area contributed by atoms with Crippen molar-refractivity contribution in [3.8, 4) is 5.75 Å². The van der Waals surface area contributed by atoms with Crippen LogP contribution in [0.15, 0.2) is 18.2 Å². The van der Waals surface area contributed by atoms with Crippen molar-refractivity contribution in [2.75, 3.05) is 32.8 Å². The maximum Gasteiger partial charge on any atom is 0.119 e. The van der Waals surface area contributed by atoms with Crippen LogP contribution < -0.4 is 5.32 Å². The lowest BCUT2D eigenvalue weighted by Crippen LogP contribution is -2.45. The molecule has 1 heterocycles. The molecule has 0 bridgehead atoms. The van der Waals surface area contributed by atoms with Gasteiger partial charge in [0.2, 0.25) is 0 Å². The predicted molar refractivity (Wildman–Crippen MR) is 79.0 cm³/mol. The second-order valence-corrected chi connectivity index (χ2v) is 5.92. The van der Waals surface area contributed by atoms with E-state index in [1.54, 1.807) is 6.07 Å². The van der Waals surface area contributed by atoms with E-state index in [0.717, 1.165) is 51.3 Å². The number of hydrogen-bond donors (Lipinski definition) is 2. The first kappa shape index (κ1) is 13.9. The Balaban J connectivity index is 1.58. The summed E-state index contributed by atoms with van der Waals surface area (Å²) in [6.45, 7) is 7.09. The number of fused-ring (bicyclic) bond motifs is 1. The fourth-order valence-electron chi connectivity index (χ4n) is 3.38. The summed E-state index contributed by atoms with van der Waals surface area (Å²) in [7, 11) is 0. The molecule has 0 spiro atoms. The summed E-state index contributed by atoms with van der Waals surface area (Å²) >= 11 is 0. The Hall–Kier alpha value is -1.10. The Labute approximate surface area is 120 Å². The summed E-state index contributed by atoms with van der Waals surface area (Å²) in [6, 6.07) is 6.71. The largest absolute Gasteiger partial charge is 0.508 e. The maximum atomic E-state index is 9.89. The van der Waals surface area contributed by atoms with Crippen LogP contribution in [0.1, 0.15) is 30.5 Å². The van der Waals surface area contributed by atoms with E-state index in [2.05, 4.69) is 23.2 Å². The van der Waals surface area contributed by atoms with Crippen LogP contribution >= 0.6 is 0 Å². The van der Waals surface area contributed by atoms with Crippen molar-refractivity contribution < 1.29 is 9.84 Å². The first-order valence-electron chi connectivity index (χ1n) is 7.61. The molecule has 2 N–H and O–H groups in total. The molecule has 1 saturated heterocycles. The zero-order valence-electron chi connectivity index (χ0n) is 12.1. The van der Waals surface area contributed by atoms with E-state index in [1.807, 2.05) is 6.07 Å². The Morgan fingerprint density at radius 2 is 2.20 bits per heavy atom. The Morgan fingerprint density at radius 1 is 1.40 bits per heavy atom. The van der Waals surface area contributed by atoms with Crippen LogP contribution in [0.4, 0.5) is 0 Å². The monoisotopic (exact) mass is 276 g/mol. The number of morpholine rings is 1. The minimum atomic E-state index is 0.383. The highest BCUT2D eigenvalue weighted by Gasteiger charge is 2.26. The molecule has 110 valence electrons. The first-order valence-corrected chi connectivity index (χ1v) is 7.61. The fraction of sp³-hybridized carbons (Fsp3) is 0.625. The zero-order chi connectivity index (χ0) is 13.9. The van der Waals surface area contributed by atoms with Crippen molar-refractivity contribution >= 4 is 0 Å². The van der Waals surface area contributed by atoms with Gasteiger partial charge in [0.25, 0.3) is 0 Å². The third-order valence-corrected chi connectivity index (χ3v) is 4.37. The van der Waals surface area contributed by atoms with E-state index in [1.165, 1.54) is 5.56 Å². The van der Waals surface area contributed by atoms with Gasteiger partial charge in [-0.1, -0.05) is 12.1 Å². The van der Waals surface area contributed by atoms with Crippen molar-refractivity contribution in [2.24, 2.45) is 0 Å². The highest BCUT2D eigenvalue weighted by Crippen LogP contribution is 2.36. The Kier molecular flexibility index (Phi) is 4.24. The SMILES string of the molecule is CC(CN1CCOCC1)NC1CCc2c(O)cccc21. The summed E-state index contributed by atoms with van der Waals surface area (Å²) in [5, 5.41) is 13.6. The molecule has 20 heavy (non-hydrogen) atoms. The number of aromatic hydroxyl groups is 1. The molecule has 1 aliphatic heterocycles. The minimum absolute atomic E-state index is 0.383. The maximum absolute atomic E-state index is 9.89. The third kappa shape index (κ3) is 2.97. The van der Waals surface area contributed by atoms with Gasteiger partial charge in [0.15, 0.2) is 0 Å². The Bertz CT molecular complexity index is 458. The molecule has 4 nitrogen and oxygen atoms in total. The molecule has 2 atom stereocenters. The van der Waals surface area contributed by atoms with Crippen molar-refractivity contribution in [3.63, 3.8) is 0 Å². The van der Waals surface area contributed by atoms with Gasteiger partial charge in [-0.3, -0.25) is 4.90 Å². The van der Waals surface area contributed by atoms with Gasteiger partial charge in [-0.2, -0.15) is 0 Å². The number of phenols is 1. The summed E-state index contributed by atoms with van der Waals surface area (Å²) in [5.74, 6) is 0.452. The van der Waals surface area contributed by atoms with Crippen LogP contribution in [0, 0.1) is 0 Å². The normalized spacial score (nSPS) is 24.6. The lowest BCUT2D eigenvalue weighted by molar-refractivity contribution is 0.0338. The molecular formula is C16H24N2O2. The molecule has 2 aliphatic rings. The van der Waals surface area contributed by atoms with E-state index >= 15 is 0 Å². The molecule has 1 aliphatic carbocycles. The van der Waals surface area contributed by atoms with Crippen LogP contribution in [0.25, 0.3) is 0 Å². The van der Waals surface area contributed by atoms with Crippen LogP contribution in [0.3, 0.4) is 0 Å². The second-order valence-electron chi connectivity index (χ2n) is 5.92. The average Bonchev–Trinajstić information content (AvgIpc) is 2.84. The van der Waals surface area contributed by atoms with Crippen molar-refractivity contribution in [1.82, 2.24) is 10.2 Å². The van der Waals surface area contributed by atoms with Gasteiger partial charge in [-0.25, -0.2) is 0 Å². The number of hydrogen-bond acceptors (Lipinski definition) is 4. The molecule has 0 radical (unpaired) electrons. The second kappa shape index (κ2) is 6.12. The Morgan fingerprint density at radius 3 is 3.00 bits per heavy atom. The lowest BCUT2D eigenvalue weighted by atomic mass is 10.1. The van der Waals surface area contributed by atoms with Gasteiger partial charge < -0.3 is 15.2 Å². The number of rotatable bonds is 4. The molecule has 0 amide bonds. The van der Waals surface area contributed by atoms with Gasteiger partial charge in [-0.05, 0) is 37.0 Å². The minimum Gasteiger partial charge on any atom is -0.508 e. The highest BCUT2D eigenvalue weighted by molar-refractivity contribution is 5.44. The average molecular weight is 276 g/mol. The van der Waals surface area contributed by atoms with Gasteiger partial charge in [0.1, 0.15) is 5.75 Å². The molecule has 1 aromatic rings. The summed E-state index contributed by atoms with van der Waals surface area (Å²) in [4.78, 5) is 2.46. The number of nitrogens with one attached hydrogen (secondary N) is 1. The molecule has 2 unspecified atom stereocenters. The van der Waals surface area contributed by atoms with Gasteiger partial charge in [-0.15, -0.1) is 0 Å². The lowest BCUT2D eigenvalue weighted by Gasteiger charge is -2.30. The summed E-state index contributed by atoms with van der Waals surface area (Å²) in [6.07, 6.45) is 2.06. The van der Waals surface area contributed by atoms with Gasteiger partial charge in [0, 0.05) is 31.7 Å². The smallest absolute Gasteiger partial charge is 0.119 e. The van der Waals surface area contributed by atoms with E-state index in [4.69, 9.17) is 4.74 Å². The van der Waals surface area contributed by atoms with Crippen LogP contribution in [0.2, 0.25) is 0 Å². The third-order valence-electron chi connectivity index (χ3n) is 4.37. The van der Waals surface area contributed by atoms with Crippen LogP contribution in [0.5, 0.6) is 5.75 Å². The molecule has 0 saturated carbocycles. The molecule has 3 rings (SSSR count). The predicted octanol–water partition coefficient (Wildman–Crippen LogP) is 1.69. The van der Waals surface area contributed by atoms with E-state index < -0.39 is 0 Å².